The number of hydrogen-bond acceptors (Lipinski definition) is 1. The summed E-state index contributed by atoms with van der Waals surface area (Å²) in [7, 11) is 0. The average Bonchev–Trinajstić information content (AvgIpc) is 2.41. The Morgan fingerprint density at radius 3 is 2.15 bits per heavy atom. The molecule has 0 bridgehead atoms. The molecule has 0 saturated carbocycles. The molecule has 2 unspecified atom stereocenters. The van der Waals surface area contributed by atoms with Gasteiger partial charge in [-0.1, -0.05) is 41.4 Å². The minimum atomic E-state index is -0.224. The molecular weight excluding hydrogens is 296 g/mol. The Morgan fingerprint density at radius 2 is 1.55 bits per heavy atom. The zero-order chi connectivity index (χ0) is 14.7. The van der Waals surface area contributed by atoms with Crippen molar-refractivity contribution in [1.29, 1.82) is 0 Å². The predicted molar refractivity (Wildman–Crippen MR) is 82.8 cm³/mol. The van der Waals surface area contributed by atoms with Gasteiger partial charge in [0.1, 0.15) is 5.82 Å². The molecule has 0 saturated heterocycles. The number of halogens is 3. The van der Waals surface area contributed by atoms with Crippen LogP contribution in [0.15, 0.2) is 42.5 Å². The summed E-state index contributed by atoms with van der Waals surface area (Å²) in [6, 6.07) is 12.3. The molecule has 106 valence electrons. The number of benzene rings is 2. The van der Waals surface area contributed by atoms with E-state index in [2.05, 4.69) is 5.32 Å². The maximum absolute atomic E-state index is 13.2. The molecule has 20 heavy (non-hydrogen) atoms. The molecule has 0 heterocycles. The van der Waals surface area contributed by atoms with Crippen LogP contribution in [0, 0.1) is 5.82 Å². The van der Waals surface area contributed by atoms with Gasteiger partial charge in [0.2, 0.25) is 0 Å². The van der Waals surface area contributed by atoms with Crippen LogP contribution in [0.25, 0.3) is 0 Å². The SMILES string of the molecule is CC(NC(C)c1ccc(Cl)c(Cl)c1)c1cccc(F)c1. The number of hydrogen-bond donors (Lipinski definition) is 1. The quantitative estimate of drug-likeness (QED) is 0.781. The van der Waals surface area contributed by atoms with Crippen LogP contribution in [0.2, 0.25) is 10.0 Å². The molecule has 0 aliphatic carbocycles. The highest BCUT2D eigenvalue weighted by Gasteiger charge is 2.12. The highest BCUT2D eigenvalue weighted by molar-refractivity contribution is 6.42. The van der Waals surface area contributed by atoms with E-state index in [1.807, 2.05) is 32.0 Å². The third kappa shape index (κ3) is 3.72. The zero-order valence-corrected chi connectivity index (χ0v) is 12.8. The summed E-state index contributed by atoms with van der Waals surface area (Å²) in [5, 5.41) is 4.50. The first kappa shape index (κ1) is 15.3. The van der Waals surface area contributed by atoms with Gasteiger partial charge >= 0.3 is 0 Å². The molecule has 0 amide bonds. The Labute approximate surface area is 128 Å². The Bertz CT molecular complexity index is 601. The van der Waals surface area contributed by atoms with Crippen LogP contribution in [-0.2, 0) is 0 Å². The molecule has 0 spiro atoms. The zero-order valence-electron chi connectivity index (χ0n) is 11.3. The summed E-state index contributed by atoms with van der Waals surface area (Å²) in [4.78, 5) is 0. The molecule has 0 radical (unpaired) electrons. The van der Waals surface area contributed by atoms with E-state index in [1.54, 1.807) is 18.2 Å². The van der Waals surface area contributed by atoms with Crippen LogP contribution in [-0.4, -0.2) is 0 Å². The second-order valence-electron chi connectivity index (χ2n) is 4.84. The molecule has 4 heteroatoms. The highest BCUT2D eigenvalue weighted by atomic mass is 35.5. The Morgan fingerprint density at radius 1 is 0.900 bits per heavy atom. The first-order valence-corrected chi connectivity index (χ1v) is 7.19. The van der Waals surface area contributed by atoms with Crippen molar-refractivity contribution in [2.24, 2.45) is 0 Å². The highest BCUT2D eigenvalue weighted by Crippen LogP contribution is 2.27. The van der Waals surface area contributed by atoms with Gasteiger partial charge in [0, 0.05) is 12.1 Å². The molecule has 1 nitrogen and oxygen atoms in total. The molecule has 1 N–H and O–H groups in total. The predicted octanol–water partition coefficient (Wildman–Crippen LogP) is 5.54. The van der Waals surface area contributed by atoms with Crippen LogP contribution >= 0.6 is 23.2 Å². The van der Waals surface area contributed by atoms with Gasteiger partial charge in [0.05, 0.1) is 10.0 Å². The summed E-state index contributed by atoms with van der Waals surface area (Å²) in [5.41, 5.74) is 1.96. The van der Waals surface area contributed by atoms with Gasteiger partial charge in [-0.3, -0.25) is 0 Å². The van der Waals surface area contributed by atoms with E-state index < -0.39 is 0 Å². The van der Waals surface area contributed by atoms with Crippen molar-refractivity contribution >= 4 is 23.2 Å². The van der Waals surface area contributed by atoms with E-state index >= 15 is 0 Å². The van der Waals surface area contributed by atoms with Gasteiger partial charge in [-0.2, -0.15) is 0 Å². The van der Waals surface area contributed by atoms with Crippen LogP contribution in [0.4, 0.5) is 4.39 Å². The second-order valence-corrected chi connectivity index (χ2v) is 5.65. The van der Waals surface area contributed by atoms with Crippen LogP contribution in [0.3, 0.4) is 0 Å². The van der Waals surface area contributed by atoms with E-state index in [0.717, 1.165) is 11.1 Å². The van der Waals surface area contributed by atoms with Gasteiger partial charge in [-0.15, -0.1) is 0 Å². The van der Waals surface area contributed by atoms with Gasteiger partial charge in [-0.25, -0.2) is 4.39 Å². The minimum absolute atomic E-state index is 0.0372. The first-order valence-electron chi connectivity index (χ1n) is 6.44. The van der Waals surface area contributed by atoms with Crippen molar-refractivity contribution in [3.8, 4) is 0 Å². The maximum Gasteiger partial charge on any atom is 0.123 e. The fraction of sp³-hybridized carbons (Fsp3) is 0.250. The normalized spacial score (nSPS) is 14.1. The molecule has 2 aromatic carbocycles. The van der Waals surface area contributed by atoms with Crippen LogP contribution < -0.4 is 5.32 Å². The van der Waals surface area contributed by atoms with Crippen molar-refractivity contribution < 1.29 is 4.39 Å². The van der Waals surface area contributed by atoms with Crippen LogP contribution in [0.5, 0.6) is 0 Å². The average molecular weight is 312 g/mol. The molecule has 0 aromatic heterocycles. The van der Waals surface area contributed by atoms with E-state index in [1.165, 1.54) is 6.07 Å². The fourth-order valence-corrected chi connectivity index (χ4v) is 2.43. The van der Waals surface area contributed by atoms with Crippen molar-refractivity contribution in [3.63, 3.8) is 0 Å². The number of rotatable bonds is 4. The van der Waals surface area contributed by atoms with Crippen molar-refractivity contribution in [3.05, 3.63) is 69.5 Å². The lowest BCUT2D eigenvalue weighted by atomic mass is 10.0. The smallest absolute Gasteiger partial charge is 0.123 e. The summed E-state index contributed by atoms with van der Waals surface area (Å²) in [6.45, 7) is 4.04. The van der Waals surface area contributed by atoms with Gasteiger partial charge in [-0.05, 0) is 49.2 Å². The largest absolute Gasteiger partial charge is 0.304 e. The molecule has 0 fully saturated rings. The maximum atomic E-state index is 13.2. The van der Waals surface area contributed by atoms with Crippen molar-refractivity contribution in [1.82, 2.24) is 5.32 Å². The Balaban J connectivity index is 2.10. The van der Waals surface area contributed by atoms with Crippen molar-refractivity contribution in [2.75, 3.05) is 0 Å². The Hall–Kier alpha value is -1.09. The third-order valence-corrected chi connectivity index (χ3v) is 4.03. The summed E-state index contributed by atoms with van der Waals surface area (Å²) >= 11 is 11.9. The molecule has 0 aliphatic rings. The molecule has 2 aromatic rings. The third-order valence-electron chi connectivity index (χ3n) is 3.29. The Kier molecular flexibility index (Phi) is 5.03. The number of nitrogens with one attached hydrogen (secondary N) is 1. The van der Waals surface area contributed by atoms with E-state index in [0.29, 0.717) is 10.0 Å². The first-order chi connectivity index (χ1) is 9.47. The summed E-state index contributed by atoms with van der Waals surface area (Å²) < 4.78 is 13.2. The topological polar surface area (TPSA) is 12.0 Å². The van der Waals surface area contributed by atoms with E-state index in [9.17, 15) is 4.39 Å². The summed E-state index contributed by atoms with van der Waals surface area (Å²) in [5.74, 6) is -0.224. The lowest BCUT2D eigenvalue weighted by molar-refractivity contribution is 0.492. The molecular formula is C16H16Cl2FN. The van der Waals surface area contributed by atoms with Gasteiger partial charge < -0.3 is 5.32 Å². The second kappa shape index (κ2) is 6.57. The van der Waals surface area contributed by atoms with Gasteiger partial charge in [0.25, 0.3) is 0 Å². The lowest BCUT2D eigenvalue weighted by Gasteiger charge is -2.21. The monoisotopic (exact) mass is 311 g/mol. The van der Waals surface area contributed by atoms with Crippen LogP contribution in [0.1, 0.15) is 37.1 Å². The molecule has 2 rings (SSSR count). The molecule has 2 atom stereocenters. The van der Waals surface area contributed by atoms with Gasteiger partial charge in [0.15, 0.2) is 0 Å². The fourth-order valence-electron chi connectivity index (χ4n) is 2.13. The molecule has 0 aliphatic heterocycles. The van der Waals surface area contributed by atoms with Crippen molar-refractivity contribution in [2.45, 2.75) is 25.9 Å². The standard InChI is InChI=1S/C16H16Cl2FN/c1-10(12-4-3-5-14(19)8-12)20-11(2)13-6-7-15(17)16(18)9-13/h3-11,20H,1-2H3. The minimum Gasteiger partial charge on any atom is -0.304 e. The van der Waals surface area contributed by atoms with E-state index in [-0.39, 0.29) is 17.9 Å². The summed E-state index contributed by atoms with van der Waals surface area (Å²) in [6.07, 6.45) is 0. The lowest BCUT2D eigenvalue weighted by Crippen LogP contribution is -2.22. The van der Waals surface area contributed by atoms with E-state index in [4.69, 9.17) is 23.2 Å².